The molecule has 124 valence electrons. The fourth-order valence-corrected chi connectivity index (χ4v) is 2.26. The average molecular weight is 425 g/mol. The Hall–Kier alpha value is -1.57. The van der Waals surface area contributed by atoms with Crippen LogP contribution < -0.4 is 10.6 Å². The highest BCUT2D eigenvalue weighted by Crippen LogP contribution is 2.18. The van der Waals surface area contributed by atoms with Crippen LogP contribution in [0.3, 0.4) is 0 Å². The summed E-state index contributed by atoms with van der Waals surface area (Å²) >= 11 is 0. The minimum absolute atomic E-state index is 0. The minimum Gasteiger partial charge on any atom is -0.357 e. The molecular formula is C17H24IN5. The van der Waals surface area contributed by atoms with Crippen molar-refractivity contribution in [3.63, 3.8) is 0 Å². The predicted molar refractivity (Wildman–Crippen MR) is 104 cm³/mol. The highest BCUT2D eigenvalue weighted by atomic mass is 127. The molecule has 0 aliphatic heterocycles. The zero-order chi connectivity index (χ0) is 15.2. The molecule has 0 spiro atoms. The van der Waals surface area contributed by atoms with E-state index in [0.717, 1.165) is 24.6 Å². The van der Waals surface area contributed by atoms with Gasteiger partial charge in [0, 0.05) is 24.3 Å². The molecule has 1 fully saturated rings. The van der Waals surface area contributed by atoms with Crippen LogP contribution >= 0.6 is 24.0 Å². The number of hydrogen-bond donors (Lipinski definition) is 2. The zero-order valence-electron chi connectivity index (χ0n) is 13.4. The van der Waals surface area contributed by atoms with E-state index in [1.54, 1.807) is 0 Å². The predicted octanol–water partition coefficient (Wildman–Crippen LogP) is 2.77. The number of nitrogens with zero attached hydrogens (tertiary/aromatic N) is 3. The number of hydrogen-bond acceptors (Lipinski definition) is 2. The molecule has 0 bridgehead atoms. The molecule has 1 heterocycles. The lowest BCUT2D eigenvalue weighted by atomic mass is 10.2. The quantitative estimate of drug-likeness (QED) is 0.425. The van der Waals surface area contributed by atoms with Crippen molar-refractivity contribution in [3.8, 4) is 0 Å². The zero-order valence-corrected chi connectivity index (χ0v) is 15.7. The Bertz CT molecular complexity index is 619. The summed E-state index contributed by atoms with van der Waals surface area (Å²) in [6.45, 7) is 4.41. The van der Waals surface area contributed by atoms with Gasteiger partial charge in [0.05, 0.1) is 19.3 Å². The van der Waals surface area contributed by atoms with E-state index < -0.39 is 0 Å². The van der Waals surface area contributed by atoms with Crippen molar-refractivity contribution in [2.24, 2.45) is 4.99 Å². The summed E-state index contributed by atoms with van der Waals surface area (Å²) < 4.78 is 1.96. The van der Waals surface area contributed by atoms with Crippen molar-refractivity contribution in [1.29, 1.82) is 0 Å². The Labute approximate surface area is 154 Å². The largest absolute Gasteiger partial charge is 0.357 e. The summed E-state index contributed by atoms with van der Waals surface area (Å²) in [6, 6.07) is 11.0. The van der Waals surface area contributed by atoms with Crippen molar-refractivity contribution >= 4 is 29.9 Å². The van der Waals surface area contributed by atoms with E-state index in [-0.39, 0.29) is 24.0 Å². The molecule has 1 aliphatic rings. The molecule has 0 unspecified atom stereocenters. The van der Waals surface area contributed by atoms with Gasteiger partial charge in [-0.15, -0.1) is 24.0 Å². The number of benzene rings is 1. The van der Waals surface area contributed by atoms with E-state index in [4.69, 9.17) is 0 Å². The van der Waals surface area contributed by atoms with E-state index in [9.17, 15) is 0 Å². The molecule has 1 saturated carbocycles. The van der Waals surface area contributed by atoms with Gasteiger partial charge in [0.25, 0.3) is 0 Å². The van der Waals surface area contributed by atoms with Gasteiger partial charge in [-0.3, -0.25) is 4.68 Å². The molecule has 2 aromatic rings. The molecule has 23 heavy (non-hydrogen) atoms. The first-order valence-corrected chi connectivity index (χ1v) is 7.93. The highest BCUT2D eigenvalue weighted by molar-refractivity contribution is 14.0. The molecule has 0 radical (unpaired) electrons. The van der Waals surface area contributed by atoms with E-state index >= 15 is 0 Å². The average Bonchev–Trinajstić information content (AvgIpc) is 3.24. The molecular weight excluding hydrogens is 401 g/mol. The van der Waals surface area contributed by atoms with E-state index in [2.05, 4.69) is 58.1 Å². The summed E-state index contributed by atoms with van der Waals surface area (Å²) in [5.74, 6) is 0.904. The number of halogens is 1. The summed E-state index contributed by atoms with van der Waals surface area (Å²) in [5, 5.41) is 11.1. The number of guanidine groups is 1. The number of aromatic nitrogens is 2. The van der Waals surface area contributed by atoms with Gasteiger partial charge in [-0.2, -0.15) is 5.10 Å². The topological polar surface area (TPSA) is 54.2 Å². The van der Waals surface area contributed by atoms with Gasteiger partial charge in [0.2, 0.25) is 0 Å². The summed E-state index contributed by atoms with van der Waals surface area (Å²) in [5.41, 5.74) is 2.38. The molecule has 0 amide bonds. The van der Waals surface area contributed by atoms with Crippen molar-refractivity contribution < 1.29 is 0 Å². The second-order valence-electron chi connectivity index (χ2n) is 5.65. The van der Waals surface area contributed by atoms with Crippen LogP contribution in [0.1, 0.15) is 30.9 Å². The van der Waals surface area contributed by atoms with Crippen LogP contribution in [0.15, 0.2) is 47.7 Å². The molecule has 5 nitrogen and oxygen atoms in total. The van der Waals surface area contributed by atoms with Crippen LogP contribution in [-0.4, -0.2) is 28.3 Å². The number of nitrogens with one attached hydrogen (secondary N) is 2. The Kier molecular flexibility index (Phi) is 6.88. The van der Waals surface area contributed by atoms with Gasteiger partial charge < -0.3 is 10.6 Å². The minimum atomic E-state index is 0. The fourth-order valence-electron chi connectivity index (χ4n) is 2.26. The first-order chi connectivity index (χ1) is 10.8. The van der Waals surface area contributed by atoms with E-state index in [0.29, 0.717) is 12.6 Å². The maximum atomic E-state index is 4.63. The fraction of sp³-hybridized carbons (Fsp3) is 0.412. The standard InChI is InChI=1S/C17H23N5.HI/c1-2-18-17(21-16-8-9-16)19-10-15-11-20-22(13-15)12-14-6-4-3-5-7-14;/h3-7,11,13,16H,2,8-10,12H2,1H3,(H2,18,19,21);1H. The molecule has 1 aromatic heterocycles. The number of aliphatic imine (C=N–C) groups is 1. The lowest BCUT2D eigenvalue weighted by molar-refractivity contribution is 0.686. The summed E-state index contributed by atoms with van der Waals surface area (Å²) in [7, 11) is 0. The maximum absolute atomic E-state index is 4.63. The van der Waals surface area contributed by atoms with Gasteiger partial charge >= 0.3 is 0 Å². The van der Waals surface area contributed by atoms with Crippen LogP contribution in [0.2, 0.25) is 0 Å². The molecule has 2 N–H and O–H groups in total. The van der Waals surface area contributed by atoms with Crippen LogP contribution in [0.25, 0.3) is 0 Å². The maximum Gasteiger partial charge on any atom is 0.191 e. The van der Waals surface area contributed by atoms with Crippen LogP contribution in [0.4, 0.5) is 0 Å². The van der Waals surface area contributed by atoms with Gasteiger partial charge in [-0.1, -0.05) is 30.3 Å². The van der Waals surface area contributed by atoms with Crippen molar-refractivity contribution in [3.05, 3.63) is 53.9 Å². The highest BCUT2D eigenvalue weighted by Gasteiger charge is 2.22. The monoisotopic (exact) mass is 425 g/mol. The van der Waals surface area contributed by atoms with Crippen LogP contribution in [0.5, 0.6) is 0 Å². The van der Waals surface area contributed by atoms with Crippen LogP contribution in [0, 0.1) is 0 Å². The Morgan fingerprint density at radius 2 is 2.04 bits per heavy atom. The van der Waals surface area contributed by atoms with Crippen molar-refractivity contribution in [1.82, 2.24) is 20.4 Å². The van der Waals surface area contributed by atoms with Crippen molar-refractivity contribution in [2.45, 2.75) is 38.9 Å². The molecule has 0 atom stereocenters. The molecule has 0 saturated heterocycles. The third kappa shape index (κ3) is 5.85. The SMILES string of the molecule is CCNC(=NCc1cnn(Cc2ccccc2)c1)NC1CC1.I. The summed E-state index contributed by atoms with van der Waals surface area (Å²) in [4.78, 5) is 4.63. The Morgan fingerprint density at radius 3 is 2.74 bits per heavy atom. The lowest BCUT2D eigenvalue weighted by Gasteiger charge is -2.09. The van der Waals surface area contributed by atoms with Gasteiger partial charge in [-0.05, 0) is 25.3 Å². The Morgan fingerprint density at radius 1 is 1.26 bits per heavy atom. The first-order valence-electron chi connectivity index (χ1n) is 7.93. The molecule has 1 aromatic carbocycles. The lowest BCUT2D eigenvalue weighted by Crippen LogP contribution is -2.38. The third-order valence-electron chi connectivity index (χ3n) is 3.56. The molecule has 3 rings (SSSR count). The van der Waals surface area contributed by atoms with Crippen molar-refractivity contribution in [2.75, 3.05) is 6.54 Å². The second kappa shape index (κ2) is 8.90. The normalized spacial score (nSPS) is 14.2. The molecule has 1 aliphatic carbocycles. The summed E-state index contributed by atoms with van der Waals surface area (Å²) in [6.07, 6.45) is 6.46. The number of rotatable bonds is 6. The van der Waals surface area contributed by atoms with Crippen LogP contribution in [-0.2, 0) is 13.1 Å². The first kappa shape index (κ1) is 17.8. The van der Waals surface area contributed by atoms with Gasteiger partial charge in [0.15, 0.2) is 5.96 Å². The van der Waals surface area contributed by atoms with E-state index in [1.807, 2.05) is 16.9 Å². The van der Waals surface area contributed by atoms with Gasteiger partial charge in [0.1, 0.15) is 0 Å². The van der Waals surface area contributed by atoms with E-state index in [1.165, 1.54) is 18.4 Å². The third-order valence-corrected chi connectivity index (χ3v) is 3.56. The second-order valence-corrected chi connectivity index (χ2v) is 5.65. The Balaban J connectivity index is 0.00000192. The van der Waals surface area contributed by atoms with Gasteiger partial charge in [-0.25, -0.2) is 4.99 Å². The smallest absolute Gasteiger partial charge is 0.191 e. The molecule has 6 heteroatoms.